The van der Waals surface area contributed by atoms with Gasteiger partial charge in [0.2, 0.25) is 0 Å². The summed E-state index contributed by atoms with van der Waals surface area (Å²) in [5.74, 6) is 1.51. The van der Waals surface area contributed by atoms with E-state index in [-0.39, 0.29) is 6.10 Å². The molecular formula is C13H24O2. The Morgan fingerprint density at radius 1 is 1.33 bits per heavy atom. The highest BCUT2D eigenvalue weighted by molar-refractivity contribution is 5.37. The van der Waals surface area contributed by atoms with Crippen molar-refractivity contribution in [3.8, 4) is 0 Å². The lowest BCUT2D eigenvalue weighted by Gasteiger charge is -2.19. The minimum Gasteiger partial charge on any atom is -0.465 e. The monoisotopic (exact) mass is 212 g/mol. The largest absolute Gasteiger partial charge is 0.465 e. The molecule has 0 bridgehead atoms. The molecule has 0 spiro atoms. The van der Waals surface area contributed by atoms with Crippen LogP contribution >= 0.6 is 0 Å². The summed E-state index contributed by atoms with van der Waals surface area (Å²) in [6.07, 6.45) is 9.02. The SMILES string of the molecule is CC(C)CC(CCC1CCCC1)OC=O. The fourth-order valence-electron chi connectivity index (χ4n) is 2.57. The molecule has 0 aliphatic heterocycles. The van der Waals surface area contributed by atoms with Crippen molar-refractivity contribution in [2.24, 2.45) is 11.8 Å². The van der Waals surface area contributed by atoms with Crippen LogP contribution in [0.5, 0.6) is 0 Å². The molecule has 0 saturated heterocycles. The highest BCUT2D eigenvalue weighted by atomic mass is 16.5. The van der Waals surface area contributed by atoms with Crippen molar-refractivity contribution in [2.45, 2.75) is 64.9 Å². The zero-order valence-electron chi connectivity index (χ0n) is 10.1. The Kier molecular flexibility index (Phi) is 5.74. The fraction of sp³-hybridized carbons (Fsp3) is 0.923. The molecule has 15 heavy (non-hydrogen) atoms. The Morgan fingerprint density at radius 2 is 2.00 bits per heavy atom. The molecule has 2 heteroatoms. The smallest absolute Gasteiger partial charge is 0.293 e. The Labute approximate surface area is 93.4 Å². The second-order valence-corrected chi connectivity index (χ2v) is 5.21. The predicted octanol–water partition coefficient (Wildman–Crippen LogP) is 3.54. The molecule has 1 aliphatic carbocycles. The van der Waals surface area contributed by atoms with Gasteiger partial charge >= 0.3 is 0 Å². The first-order valence-electron chi connectivity index (χ1n) is 6.31. The van der Waals surface area contributed by atoms with Crippen molar-refractivity contribution in [1.29, 1.82) is 0 Å². The van der Waals surface area contributed by atoms with Crippen LogP contribution in [0, 0.1) is 11.8 Å². The topological polar surface area (TPSA) is 26.3 Å². The van der Waals surface area contributed by atoms with Crippen molar-refractivity contribution in [1.82, 2.24) is 0 Å². The molecule has 0 aromatic heterocycles. The molecule has 0 aromatic carbocycles. The van der Waals surface area contributed by atoms with E-state index in [4.69, 9.17) is 4.74 Å². The summed E-state index contributed by atoms with van der Waals surface area (Å²) in [5, 5.41) is 0. The number of hydrogen-bond donors (Lipinski definition) is 0. The lowest BCUT2D eigenvalue weighted by atomic mass is 9.95. The molecule has 2 nitrogen and oxygen atoms in total. The van der Waals surface area contributed by atoms with E-state index < -0.39 is 0 Å². The fourth-order valence-corrected chi connectivity index (χ4v) is 2.57. The van der Waals surface area contributed by atoms with Gasteiger partial charge in [-0.05, 0) is 31.1 Å². The van der Waals surface area contributed by atoms with Gasteiger partial charge in [0.15, 0.2) is 0 Å². The van der Waals surface area contributed by atoms with Crippen LogP contribution in [0.4, 0.5) is 0 Å². The van der Waals surface area contributed by atoms with Crippen LogP contribution in [-0.4, -0.2) is 12.6 Å². The van der Waals surface area contributed by atoms with E-state index in [0.29, 0.717) is 12.4 Å². The van der Waals surface area contributed by atoms with Crippen molar-refractivity contribution >= 4 is 6.47 Å². The maximum atomic E-state index is 10.4. The second-order valence-electron chi connectivity index (χ2n) is 5.21. The average molecular weight is 212 g/mol. The predicted molar refractivity (Wildman–Crippen MR) is 61.6 cm³/mol. The van der Waals surface area contributed by atoms with Gasteiger partial charge in [0, 0.05) is 0 Å². The van der Waals surface area contributed by atoms with E-state index in [0.717, 1.165) is 18.8 Å². The van der Waals surface area contributed by atoms with Crippen molar-refractivity contribution < 1.29 is 9.53 Å². The third-order valence-corrected chi connectivity index (χ3v) is 3.35. The Morgan fingerprint density at radius 3 is 2.53 bits per heavy atom. The van der Waals surface area contributed by atoms with Crippen molar-refractivity contribution in [3.63, 3.8) is 0 Å². The van der Waals surface area contributed by atoms with Gasteiger partial charge in [-0.3, -0.25) is 4.79 Å². The number of rotatable bonds is 7. The van der Waals surface area contributed by atoms with E-state index >= 15 is 0 Å². The number of hydrogen-bond acceptors (Lipinski definition) is 2. The Hall–Kier alpha value is -0.530. The summed E-state index contributed by atoms with van der Waals surface area (Å²) in [5.41, 5.74) is 0. The summed E-state index contributed by atoms with van der Waals surface area (Å²) in [6.45, 7) is 4.97. The van der Waals surface area contributed by atoms with Gasteiger partial charge in [0.1, 0.15) is 6.10 Å². The quantitative estimate of drug-likeness (QED) is 0.603. The first kappa shape index (κ1) is 12.5. The van der Waals surface area contributed by atoms with Crippen LogP contribution in [-0.2, 0) is 9.53 Å². The van der Waals surface area contributed by atoms with Gasteiger partial charge < -0.3 is 4.74 Å². The van der Waals surface area contributed by atoms with Crippen molar-refractivity contribution in [2.75, 3.05) is 0 Å². The molecule has 0 amide bonds. The standard InChI is InChI=1S/C13H24O2/c1-11(2)9-13(15-10-14)8-7-12-5-3-4-6-12/h10-13H,3-9H2,1-2H3. The van der Waals surface area contributed by atoms with Gasteiger partial charge in [-0.15, -0.1) is 0 Å². The van der Waals surface area contributed by atoms with Crippen LogP contribution in [0.15, 0.2) is 0 Å². The maximum absolute atomic E-state index is 10.4. The Balaban J connectivity index is 2.20. The molecule has 0 radical (unpaired) electrons. The van der Waals surface area contributed by atoms with Crippen LogP contribution in [0.3, 0.4) is 0 Å². The molecule has 1 saturated carbocycles. The van der Waals surface area contributed by atoms with Crippen LogP contribution in [0.25, 0.3) is 0 Å². The Bertz CT molecular complexity index is 171. The van der Waals surface area contributed by atoms with Crippen molar-refractivity contribution in [3.05, 3.63) is 0 Å². The summed E-state index contributed by atoms with van der Waals surface area (Å²) in [7, 11) is 0. The third-order valence-electron chi connectivity index (χ3n) is 3.35. The highest BCUT2D eigenvalue weighted by Crippen LogP contribution is 2.29. The van der Waals surface area contributed by atoms with Gasteiger partial charge in [0.05, 0.1) is 0 Å². The van der Waals surface area contributed by atoms with E-state index in [1.165, 1.54) is 32.1 Å². The van der Waals surface area contributed by atoms with E-state index in [1.807, 2.05) is 0 Å². The molecule has 1 rings (SSSR count). The summed E-state index contributed by atoms with van der Waals surface area (Å²) < 4.78 is 5.13. The van der Waals surface area contributed by atoms with Gasteiger partial charge in [-0.1, -0.05) is 39.5 Å². The van der Waals surface area contributed by atoms with Crippen LogP contribution < -0.4 is 0 Å². The molecule has 0 heterocycles. The van der Waals surface area contributed by atoms with Crippen LogP contribution in [0.2, 0.25) is 0 Å². The number of ether oxygens (including phenoxy) is 1. The van der Waals surface area contributed by atoms with Crippen LogP contribution in [0.1, 0.15) is 58.8 Å². The number of carbonyl (C=O) groups excluding carboxylic acids is 1. The normalized spacial score (nSPS) is 19.4. The number of carbonyl (C=O) groups is 1. The second kappa shape index (κ2) is 6.86. The lowest BCUT2D eigenvalue weighted by Crippen LogP contribution is -2.16. The average Bonchev–Trinajstić information content (AvgIpc) is 2.66. The lowest BCUT2D eigenvalue weighted by molar-refractivity contribution is -0.134. The van der Waals surface area contributed by atoms with Gasteiger partial charge in [-0.25, -0.2) is 0 Å². The highest BCUT2D eigenvalue weighted by Gasteiger charge is 2.18. The minimum absolute atomic E-state index is 0.156. The zero-order valence-corrected chi connectivity index (χ0v) is 10.1. The molecule has 0 aromatic rings. The molecular weight excluding hydrogens is 188 g/mol. The third kappa shape index (κ3) is 5.19. The van der Waals surface area contributed by atoms with E-state index in [2.05, 4.69) is 13.8 Å². The maximum Gasteiger partial charge on any atom is 0.293 e. The molecule has 0 N–H and O–H groups in total. The van der Waals surface area contributed by atoms with E-state index in [9.17, 15) is 4.79 Å². The molecule has 1 fully saturated rings. The zero-order chi connectivity index (χ0) is 11.1. The van der Waals surface area contributed by atoms with E-state index in [1.54, 1.807) is 0 Å². The molecule has 1 unspecified atom stereocenters. The van der Waals surface area contributed by atoms with Gasteiger partial charge in [0.25, 0.3) is 6.47 Å². The summed E-state index contributed by atoms with van der Waals surface area (Å²) in [4.78, 5) is 10.4. The summed E-state index contributed by atoms with van der Waals surface area (Å²) >= 11 is 0. The summed E-state index contributed by atoms with van der Waals surface area (Å²) in [6, 6.07) is 0. The first-order chi connectivity index (χ1) is 7.22. The minimum atomic E-state index is 0.156. The van der Waals surface area contributed by atoms with Gasteiger partial charge in [-0.2, -0.15) is 0 Å². The molecule has 1 aliphatic rings. The molecule has 1 atom stereocenters. The molecule has 88 valence electrons. The first-order valence-corrected chi connectivity index (χ1v) is 6.31.